The molecule has 72 heavy (non-hydrogen) atoms. The third kappa shape index (κ3) is 22.7. The van der Waals surface area contributed by atoms with Crippen LogP contribution in [0.1, 0.15) is 172 Å². The van der Waals surface area contributed by atoms with Crippen molar-refractivity contribution in [1.82, 2.24) is 0 Å². The number of unbranched alkanes of at least 4 members (excludes halogenated alkanes) is 16. The number of hydrogen-bond donors (Lipinski definition) is 0. The van der Waals surface area contributed by atoms with Gasteiger partial charge in [-0.2, -0.15) is 5.26 Å². The van der Waals surface area contributed by atoms with Gasteiger partial charge in [0.05, 0.1) is 49.2 Å². The Bertz CT molecular complexity index is 2380. The average molecular weight is 986 g/mol. The maximum Gasteiger partial charge on any atom is 0.343 e. The number of ether oxygens (including phenoxy) is 7. The van der Waals surface area contributed by atoms with Crippen LogP contribution in [0.5, 0.6) is 23.0 Å². The Morgan fingerprint density at radius 3 is 1.25 bits per heavy atom. The summed E-state index contributed by atoms with van der Waals surface area (Å²) in [4.78, 5) is 63.0. The molecule has 4 rings (SSSR count). The lowest BCUT2D eigenvalue weighted by Gasteiger charge is -2.13. The zero-order valence-corrected chi connectivity index (χ0v) is 42.2. The molecule has 13 heteroatoms. The summed E-state index contributed by atoms with van der Waals surface area (Å²) in [6, 6.07) is 25.9. The number of benzene rings is 4. The van der Waals surface area contributed by atoms with Gasteiger partial charge in [-0.1, -0.05) is 115 Å². The van der Waals surface area contributed by atoms with Gasteiger partial charge < -0.3 is 33.2 Å². The normalized spacial score (nSPS) is 10.6. The molecule has 0 aromatic heterocycles. The molecule has 13 nitrogen and oxygen atoms in total. The summed E-state index contributed by atoms with van der Waals surface area (Å²) in [6.45, 7) is 12.3. The fraction of sp³-hybridized carbons (Fsp3) is 0.424. The molecule has 0 radical (unpaired) electrons. The van der Waals surface area contributed by atoms with E-state index in [-0.39, 0.29) is 46.7 Å². The molecule has 0 aliphatic heterocycles. The van der Waals surface area contributed by atoms with Crippen molar-refractivity contribution in [1.29, 1.82) is 5.26 Å². The van der Waals surface area contributed by atoms with Gasteiger partial charge >= 0.3 is 29.8 Å². The van der Waals surface area contributed by atoms with Crippen molar-refractivity contribution in [3.8, 4) is 29.1 Å². The van der Waals surface area contributed by atoms with Crippen LogP contribution in [0.2, 0.25) is 0 Å². The van der Waals surface area contributed by atoms with Crippen molar-refractivity contribution in [3.63, 3.8) is 0 Å². The first-order valence-electron chi connectivity index (χ1n) is 25.3. The Morgan fingerprint density at radius 2 is 0.833 bits per heavy atom. The summed E-state index contributed by atoms with van der Waals surface area (Å²) in [5.41, 5.74) is 2.30. The quantitative estimate of drug-likeness (QED) is 0.0140. The Kier molecular flexibility index (Phi) is 26.6. The highest BCUT2D eigenvalue weighted by atomic mass is 16.6. The molecule has 0 atom stereocenters. The van der Waals surface area contributed by atoms with Crippen molar-refractivity contribution in [2.24, 2.45) is 0 Å². The first-order chi connectivity index (χ1) is 34.9. The molecule has 0 unspecified atom stereocenters. The SMILES string of the molecule is C=C(C)C(=O)OCCCCCCCCCCCOc1ccc(C(=O)Oc2ccc(OC(=O)c3ccc(OCCCCCCCCCCCOC(=O)C(=C)C)cc3)c(C(=O)OCc3ccc(C#N)cc3)c2)cc1. The molecule has 0 fully saturated rings. The van der Waals surface area contributed by atoms with Gasteiger partial charge in [0.1, 0.15) is 35.2 Å². The monoisotopic (exact) mass is 985 g/mol. The second-order valence-corrected chi connectivity index (χ2v) is 17.8. The molecule has 0 aliphatic carbocycles. The van der Waals surface area contributed by atoms with Crippen LogP contribution in [0.4, 0.5) is 0 Å². The number of nitrogens with zero attached hydrogens (tertiary/aromatic N) is 1. The fourth-order valence-corrected chi connectivity index (χ4v) is 7.26. The van der Waals surface area contributed by atoms with Crippen LogP contribution in [0.3, 0.4) is 0 Å². The predicted molar refractivity (Wildman–Crippen MR) is 275 cm³/mol. The Morgan fingerprint density at radius 1 is 0.444 bits per heavy atom. The Balaban J connectivity index is 1.20. The van der Waals surface area contributed by atoms with E-state index in [1.807, 2.05) is 0 Å². The van der Waals surface area contributed by atoms with E-state index in [9.17, 15) is 24.0 Å². The van der Waals surface area contributed by atoms with Crippen LogP contribution in [0.25, 0.3) is 0 Å². The van der Waals surface area contributed by atoms with Crippen LogP contribution in [-0.4, -0.2) is 56.3 Å². The van der Waals surface area contributed by atoms with E-state index >= 15 is 0 Å². The number of rotatable bonds is 35. The van der Waals surface area contributed by atoms with E-state index < -0.39 is 17.9 Å². The first-order valence-corrected chi connectivity index (χ1v) is 25.3. The summed E-state index contributed by atoms with van der Waals surface area (Å²) in [6.07, 6.45) is 19.2. The summed E-state index contributed by atoms with van der Waals surface area (Å²) < 4.78 is 39.0. The Hall–Kier alpha value is -7.20. The predicted octanol–water partition coefficient (Wildman–Crippen LogP) is 13.4. The molecule has 0 saturated carbocycles. The minimum Gasteiger partial charge on any atom is -0.494 e. The molecule has 0 aliphatic rings. The van der Waals surface area contributed by atoms with Crippen molar-refractivity contribution < 1.29 is 57.1 Å². The second kappa shape index (κ2) is 33.4. The van der Waals surface area contributed by atoms with Gasteiger partial charge in [0.2, 0.25) is 0 Å². The molecule has 0 amide bonds. The van der Waals surface area contributed by atoms with Crippen LogP contribution >= 0.6 is 0 Å². The van der Waals surface area contributed by atoms with E-state index in [1.54, 1.807) is 86.6 Å². The average Bonchev–Trinajstić information content (AvgIpc) is 3.38. The zero-order chi connectivity index (χ0) is 51.8. The van der Waals surface area contributed by atoms with E-state index in [4.69, 9.17) is 38.4 Å². The first kappa shape index (κ1) is 57.4. The lowest BCUT2D eigenvalue weighted by Crippen LogP contribution is -2.14. The summed E-state index contributed by atoms with van der Waals surface area (Å²) in [5.74, 6) is -1.70. The maximum absolute atomic E-state index is 13.6. The lowest BCUT2D eigenvalue weighted by atomic mass is 10.1. The highest BCUT2D eigenvalue weighted by Gasteiger charge is 2.21. The minimum absolute atomic E-state index is 0.0287. The maximum atomic E-state index is 13.6. The van der Waals surface area contributed by atoms with Gasteiger partial charge in [0.15, 0.2) is 0 Å². The van der Waals surface area contributed by atoms with E-state index in [1.165, 1.54) is 31.0 Å². The van der Waals surface area contributed by atoms with Crippen molar-refractivity contribution in [2.45, 2.75) is 136 Å². The molecule has 0 N–H and O–H groups in total. The number of esters is 5. The zero-order valence-electron chi connectivity index (χ0n) is 42.2. The fourth-order valence-electron chi connectivity index (χ4n) is 7.26. The highest BCUT2D eigenvalue weighted by Crippen LogP contribution is 2.28. The molecule has 4 aromatic rings. The molecule has 384 valence electrons. The van der Waals surface area contributed by atoms with Gasteiger partial charge in [-0.15, -0.1) is 0 Å². The molecule has 0 heterocycles. The molecule has 0 spiro atoms. The van der Waals surface area contributed by atoms with Crippen molar-refractivity contribution in [3.05, 3.63) is 143 Å². The topological polar surface area (TPSA) is 174 Å². The second-order valence-electron chi connectivity index (χ2n) is 17.8. The smallest absolute Gasteiger partial charge is 0.343 e. The van der Waals surface area contributed by atoms with Gasteiger partial charge in [-0.3, -0.25) is 0 Å². The van der Waals surface area contributed by atoms with Crippen LogP contribution in [0.15, 0.2) is 115 Å². The van der Waals surface area contributed by atoms with Gasteiger partial charge in [-0.25, -0.2) is 24.0 Å². The molecule has 4 aromatic carbocycles. The summed E-state index contributed by atoms with van der Waals surface area (Å²) in [5, 5.41) is 9.15. The number of carbonyl (C=O) groups is 5. The third-order valence-corrected chi connectivity index (χ3v) is 11.5. The Labute approximate surface area is 425 Å². The van der Waals surface area contributed by atoms with Crippen molar-refractivity contribution >= 4 is 29.8 Å². The molecule has 0 saturated heterocycles. The molecular weight excluding hydrogens is 915 g/mol. The largest absolute Gasteiger partial charge is 0.494 e. The lowest BCUT2D eigenvalue weighted by molar-refractivity contribution is -0.139. The van der Waals surface area contributed by atoms with Crippen molar-refractivity contribution in [2.75, 3.05) is 26.4 Å². The van der Waals surface area contributed by atoms with Gasteiger partial charge in [-0.05, 0) is 124 Å². The van der Waals surface area contributed by atoms with E-state index in [0.29, 0.717) is 60.2 Å². The molecular formula is C59H71NO12. The molecule has 0 bridgehead atoms. The van der Waals surface area contributed by atoms with E-state index in [0.717, 1.165) is 103 Å². The highest BCUT2D eigenvalue weighted by molar-refractivity contribution is 5.97. The van der Waals surface area contributed by atoms with E-state index in [2.05, 4.69) is 19.2 Å². The standard InChI is InChI=1S/C59H71NO12/c1-44(2)55(61)68-39-21-17-13-9-5-7-11-15-19-37-66-50-31-27-48(28-32-50)57(63)71-52-35-36-54(53(41-52)59(65)70-43-47-25-23-46(42-60)24-26-47)72-58(64)49-29-33-51(34-30-49)67-38-20-16-12-8-6-10-14-18-22-40-69-56(62)45(3)4/h23-36,41H,1,3,5-22,37-40,43H2,2,4H3. The summed E-state index contributed by atoms with van der Waals surface area (Å²) >= 11 is 0. The minimum atomic E-state index is -0.825. The van der Waals surface area contributed by atoms with Crippen LogP contribution < -0.4 is 18.9 Å². The number of carbonyl (C=O) groups excluding carboxylic acids is 5. The number of nitriles is 1. The summed E-state index contributed by atoms with van der Waals surface area (Å²) in [7, 11) is 0. The number of hydrogen-bond acceptors (Lipinski definition) is 13. The van der Waals surface area contributed by atoms with Crippen LogP contribution in [-0.2, 0) is 30.4 Å². The van der Waals surface area contributed by atoms with Gasteiger partial charge in [0, 0.05) is 11.1 Å². The van der Waals surface area contributed by atoms with Crippen LogP contribution in [0, 0.1) is 11.3 Å². The van der Waals surface area contributed by atoms with Gasteiger partial charge in [0.25, 0.3) is 0 Å². The third-order valence-electron chi connectivity index (χ3n) is 11.5.